The van der Waals surface area contributed by atoms with E-state index in [0.29, 0.717) is 23.4 Å². The standard InChI is InChI=1S/C12H20N4O5S3/c1-3-15-9-7-16(5-4-10(17)14-2)24(20,21)12-8(9)6-11(22-12)23(13,18)19/h6,9,15H,3-5,7H2,1-2H3,(H,14,17)(H2,13,18,19)/t9-/m0/s1. The molecule has 0 radical (unpaired) electrons. The Bertz CT molecular complexity index is 831. The Morgan fingerprint density at radius 1 is 1.50 bits per heavy atom. The molecule has 9 nitrogen and oxygen atoms in total. The Morgan fingerprint density at radius 3 is 2.71 bits per heavy atom. The lowest BCUT2D eigenvalue weighted by Gasteiger charge is -2.32. The van der Waals surface area contributed by atoms with Gasteiger partial charge in [0, 0.05) is 38.2 Å². The number of thiophene rings is 1. The zero-order valence-corrected chi connectivity index (χ0v) is 15.7. The minimum Gasteiger partial charge on any atom is -0.359 e. The van der Waals surface area contributed by atoms with E-state index >= 15 is 0 Å². The summed E-state index contributed by atoms with van der Waals surface area (Å²) in [5.41, 5.74) is 0.405. The van der Waals surface area contributed by atoms with E-state index in [4.69, 9.17) is 5.14 Å². The zero-order chi connectivity index (χ0) is 18.1. The van der Waals surface area contributed by atoms with Gasteiger partial charge in [0.15, 0.2) is 0 Å². The second-order valence-corrected chi connectivity index (χ2v) is 10.2. The highest BCUT2D eigenvalue weighted by Gasteiger charge is 2.39. The molecule has 24 heavy (non-hydrogen) atoms. The Labute approximate surface area is 145 Å². The summed E-state index contributed by atoms with van der Waals surface area (Å²) < 4.78 is 49.6. The first kappa shape index (κ1) is 19.3. The number of rotatable bonds is 6. The Kier molecular flexibility index (Phi) is 5.67. The number of carbonyl (C=O) groups is 1. The van der Waals surface area contributed by atoms with Gasteiger partial charge in [-0.15, -0.1) is 11.3 Å². The Balaban J connectivity index is 2.45. The minimum absolute atomic E-state index is 0.0198. The highest BCUT2D eigenvalue weighted by atomic mass is 32.3. The van der Waals surface area contributed by atoms with Gasteiger partial charge in [-0.25, -0.2) is 22.0 Å². The fourth-order valence-electron chi connectivity index (χ4n) is 2.45. The van der Waals surface area contributed by atoms with E-state index in [1.165, 1.54) is 17.4 Å². The van der Waals surface area contributed by atoms with E-state index in [9.17, 15) is 21.6 Å². The van der Waals surface area contributed by atoms with Gasteiger partial charge < -0.3 is 10.6 Å². The van der Waals surface area contributed by atoms with Crippen molar-refractivity contribution in [3.63, 3.8) is 0 Å². The predicted molar refractivity (Wildman–Crippen MR) is 89.6 cm³/mol. The highest BCUT2D eigenvalue weighted by Crippen LogP contribution is 2.39. The van der Waals surface area contributed by atoms with Crippen molar-refractivity contribution in [2.24, 2.45) is 5.14 Å². The van der Waals surface area contributed by atoms with E-state index in [1.54, 1.807) is 0 Å². The molecule has 1 aliphatic rings. The smallest absolute Gasteiger partial charge is 0.253 e. The second kappa shape index (κ2) is 7.06. The lowest BCUT2D eigenvalue weighted by molar-refractivity contribution is -0.120. The number of likely N-dealkylation sites (N-methyl/N-ethyl adjacent to an activating group) is 1. The number of sulfonamides is 2. The third kappa shape index (κ3) is 3.78. The molecule has 1 aliphatic heterocycles. The minimum atomic E-state index is -3.99. The van der Waals surface area contributed by atoms with Crippen molar-refractivity contribution in [1.29, 1.82) is 0 Å². The number of hydrogen-bond donors (Lipinski definition) is 3. The van der Waals surface area contributed by atoms with E-state index in [0.717, 1.165) is 0 Å². The van der Waals surface area contributed by atoms with Crippen molar-refractivity contribution in [2.45, 2.75) is 27.8 Å². The fraction of sp³-hybridized carbons (Fsp3) is 0.583. The largest absolute Gasteiger partial charge is 0.359 e. The van der Waals surface area contributed by atoms with Crippen LogP contribution in [0.4, 0.5) is 0 Å². The van der Waals surface area contributed by atoms with Crippen LogP contribution < -0.4 is 15.8 Å². The van der Waals surface area contributed by atoms with Gasteiger partial charge in [-0.05, 0) is 12.6 Å². The summed E-state index contributed by atoms with van der Waals surface area (Å²) in [6.45, 7) is 2.59. The molecule has 2 rings (SSSR count). The van der Waals surface area contributed by atoms with Crippen molar-refractivity contribution in [2.75, 3.05) is 26.7 Å². The number of nitrogens with two attached hydrogens (primary N) is 1. The van der Waals surface area contributed by atoms with E-state index < -0.39 is 20.0 Å². The van der Waals surface area contributed by atoms with Crippen molar-refractivity contribution in [1.82, 2.24) is 14.9 Å². The quantitative estimate of drug-likeness (QED) is 0.575. The van der Waals surface area contributed by atoms with Crippen molar-refractivity contribution in [3.8, 4) is 0 Å². The van der Waals surface area contributed by atoms with Gasteiger partial charge in [-0.1, -0.05) is 6.92 Å². The van der Waals surface area contributed by atoms with Gasteiger partial charge in [-0.2, -0.15) is 4.31 Å². The molecule has 0 saturated carbocycles. The lowest BCUT2D eigenvalue weighted by atomic mass is 10.1. The first-order valence-corrected chi connectivity index (χ1v) is 11.0. The SMILES string of the molecule is CCN[C@H]1CN(CCC(=O)NC)S(=O)(=O)c2sc(S(N)(=O)=O)cc21. The van der Waals surface area contributed by atoms with Crippen molar-refractivity contribution >= 4 is 37.3 Å². The van der Waals surface area contributed by atoms with Gasteiger partial charge in [0.1, 0.15) is 8.42 Å². The monoisotopic (exact) mass is 396 g/mol. The van der Waals surface area contributed by atoms with Crippen LogP contribution in [0, 0.1) is 0 Å². The van der Waals surface area contributed by atoms with Crippen LogP contribution in [0.15, 0.2) is 14.5 Å². The second-order valence-electron chi connectivity index (χ2n) is 5.25. The first-order valence-electron chi connectivity index (χ1n) is 7.22. The number of amides is 1. The van der Waals surface area contributed by atoms with E-state index in [2.05, 4.69) is 10.6 Å². The highest BCUT2D eigenvalue weighted by molar-refractivity contribution is 7.94. The van der Waals surface area contributed by atoms with E-state index in [-0.39, 0.29) is 39.9 Å². The van der Waals surface area contributed by atoms with Crippen LogP contribution >= 0.6 is 11.3 Å². The molecular weight excluding hydrogens is 376 g/mol. The molecule has 0 fully saturated rings. The average molecular weight is 397 g/mol. The summed E-state index contributed by atoms with van der Waals surface area (Å²) in [5.74, 6) is -0.271. The molecular formula is C12H20N4O5S3. The molecule has 1 aromatic heterocycles. The number of primary sulfonamides is 1. The third-order valence-corrected chi connectivity index (χ3v) is 8.60. The summed E-state index contributed by atoms with van der Waals surface area (Å²) in [4.78, 5) is 11.4. The lowest BCUT2D eigenvalue weighted by Crippen LogP contribution is -2.44. The van der Waals surface area contributed by atoms with Gasteiger partial charge in [0.2, 0.25) is 15.9 Å². The summed E-state index contributed by atoms with van der Waals surface area (Å²) in [5, 5.41) is 10.7. The van der Waals surface area contributed by atoms with Crippen molar-refractivity contribution < 1.29 is 21.6 Å². The number of fused-ring (bicyclic) bond motifs is 1. The van der Waals surface area contributed by atoms with Crippen LogP contribution in [-0.4, -0.2) is 53.7 Å². The summed E-state index contributed by atoms with van der Waals surface area (Å²) >= 11 is 0.639. The molecule has 1 aromatic rings. The normalized spacial score (nSPS) is 20.5. The number of carbonyl (C=O) groups excluding carboxylic acids is 1. The molecule has 1 atom stereocenters. The maximum Gasteiger partial charge on any atom is 0.253 e. The van der Waals surface area contributed by atoms with Gasteiger partial charge in [0.05, 0.1) is 0 Å². The van der Waals surface area contributed by atoms with E-state index in [1.807, 2.05) is 6.92 Å². The molecule has 0 saturated heterocycles. The maximum absolute atomic E-state index is 12.7. The predicted octanol–water partition coefficient (Wildman–Crippen LogP) is -0.813. The molecule has 2 heterocycles. The summed E-state index contributed by atoms with van der Waals surface area (Å²) in [6.07, 6.45) is 0.0251. The van der Waals surface area contributed by atoms with Crippen LogP contribution in [0.25, 0.3) is 0 Å². The van der Waals surface area contributed by atoms with Crippen molar-refractivity contribution in [3.05, 3.63) is 11.6 Å². The topological polar surface area (TPSA) is 139 Å². The number of hydrogen-bond acceptors (Lipinski definition) is 7. The first-order chi connectivity index (χ1) is 11.1. The van der Waals surface area contributed by atoms with Gasteiger partial charge >= 0.3 is 0 Å². The van der Waals surface area contributed by atoms with Crippen LogP contribution in [0.5, 0.6) is 0 Å². The number of nitrogens with one attached hydrogen (secondary N) is 2. The molecule has 0 aliphatic carbocycles. The zero-order valence-electron chi connectivity index (χ0n) is 13.3. The molecule has 4 N–H and O–H groups in total. The summed E-state index contributed by atoms with van der Waals surface area (Å²) in [6, 6.07) is 0.959. The molecule has 136 valence electrons. The summed E-state index contributed by atoms with van der Waals surface area (Å²) in [7, 11) is -6.38. The molecule has 0 aromatic carbocycles. The van der Waals surface area contributed by atoms with Gasteiger partial charge in [-0.3, -0.25) is 4.79 Å². The van der Waals surface area contributed by atoms with Crippen LogP contribution in [0.1, 0.15) is 24.9 Å². The van der Waals surface area contributed by atoms with Crippen LogP contribution in [-0.2, 0) is 24.8 Å². The third-order valence-electron chi connectivity index (χ3n) is 3.64. The molecule has 12 heteroatoms. The van der Waals surface area contributed by atoms with Gasteiger partial charge in [0.25, 0.3) is 10.0 Å². The fourth-order valence-corrected chi connectivity index (χ4v) is 6.72. The maximum atomic E-state index is 12.7. The average Bonchev–Trinajstić information content (AvgIpc) is 2.95. The Hall–Kier alpha value is -1.05. The molecule has 0 unspecified atom stereocenters. The van der Waals surface area contributed by atoms with Crippen LogP contribution in [0.2, 0.25) is 0 Å². The van der Waals surface area contributed by atoms with Crippen LogP contribution in [0.3, 0.4) is 0 Å². The number of nitrogens with zero attached hydrogens (tertiary/aromatic N) is 1. The Morgan fingerprint density at radius 2 is 2.17 bits per heavy atom. The molecule has 0 spiro atoms. The molecule has 1 amide bonds. The molecule has 0 bridgehead atoms.